The maximum absolute atomic E-state index is 12.2. The van der Waals surface area contributed by atoms with Crippen molar-refractivity contribution in [2.24, 2.45) is 5.92 Å². The fraction of sp³-hybridized carbons (Fsp3) is 0.391. The fourth-order valence-electron chi connectivity index (χ4n) is 3.86. The fourth-order valence-corrected chi connectivity index (χ4v) is 3.86. The van der Waals surface area contributed by atoms with Crippen LogP contribution in [0.4, 0.5) is 0 Å². The largest absolute Gasteiger partial charge is 0.412 e. The number of aromatic nitrogens is 3. The van der Waals surface area contributed by atoms with Crippen LogP contribution in [-0.4, -0.2) is 52.2 Å². The van der Waals surface area contributed by atoms with Gasteiger partial charge in [0.1, 0.15) is 0 Å². The number of pyridine rings is 1. The summed E-state index contributed by atoms with van der Waals surface area (Å²) in [5.41, 5.74) is 2.13. The van der Waals surface area contributed by atoms with Crippen LogP contribution in [0.3, 0.4) is 0 Å². The van der Waals surface area contributed by atoms with Crippen molar-refractivity contribution in [2.45, 2.75) is 25.7 Å². The molecule has 0 atom stereocenters. The monoisotopic (exact) mass is 405 g/mol. The molecule has 3 aromatic rings. The van der Waals surface area contributed by atoms with E-state index < -0.39 is 0 Å². The average Bonchev–Trinajstić information content (AvgIpc) is 3.30. The zero-order chi connectivity index (χ0) is 20.6. The normalized spacial score (nSPS) is 15.2. The molecule has 0 bridgehead atoms. The van der Waals surface area contributed by atoms with E-state index in [0.717, 1.165) is 32.0 Å². The van der Waals surface area contributed by atoms with E-state index in [2.05, 4.69) is 55.7 Å². The van der Waals surface area contributed by atoms with Gasteiger partial charge in [-0.05, 0) is 68.9 Å². The van der Waals surface area contributed by atoms with Gasteiger partial charge in [0.2, 0.25) is 5.89 Å². The maximum atomic E-state index is 12.2. The molecule has 2 aromatic heterocycles. The first-order valence-corrected chi connectivity index (χ1v) is 10.6. The van der Waals surface area contributed by atoms with Crippen LogP contribution in [0.2, 0.25) is 0 Å². The van der Waals surface area contributed by atoms with Gasteiger partial charge in [0, 0.05) is 18.9 Å². The van der Waals surface area contributed by atoms with Crippen molar-refractivity contribution in [1.29, 1.82) is 0 Å². The van der Waals surface area contributed by atoms with Crippen molar-refractivity contribution in [3.8, 4) is 11.5 Å². The van der Waals surface area contributed by atoms with Gasteiger partial charge < -0.3 is 14.6 Å². The number of carbonyl (C=O) groups excluding carboxylic acids is 1. The number of nitrogens with zero attached hydrogens (tertiary/aromatic N) is 4. The van der Waals surface area contributed by atoms with Crippen LogP contribution in [0.1, 0.15) is 35.5 Å². The molecular weight excluding hydrogens is 378 g/mol. The second kappa shape index (κ2) is 10.1. The summed E-state index contributed by atoms with van der Waals surface area (Å²) in [5, 5.41) is 10.6. The third-order valence-corrected chi connectivity index (χ3v) is 5.54. The van der Waals surface area contributed by atoms with Crippen molar-refractivity contribution in [1.82, 2.24) is 25.4 Å². The highest BCUT2D eigenvalue weighted by Gasteiger charge is 2.19. The molecule has 3 heterocycles. The predicted octanol–water partition coefficient (Wildman–Crippen LogP) is 3.21. The smallest absolute Gasteiger partial charge is 0.308 e. The van der Waals surface area contributed by atoms with Crippen LogP contribution in [0.5, 0.6) is 0 Å². The quantitative estimate of drug-likeness (QED) is 0.580. The molecule has 1 aromatic carbocycles. The van der Waals surface area contributed by atoms with Crippen LogP contribution >= 0.6 is 0 Å². The third-order valence-electron chi connectivity index (χ3n) is 5.54. The van der Waals surface area contributed by atoms with Gasteiger partial charge in [0.05, 0.1) is 5.56 Å². The van der Waals surface area contributed by atoms with Crippen LogP contribution in [0, 0.1) is 5.92 Å². The average molecular weight is 406 g/mol. The van der Waals surface area contributed by atoms with E-state index in [1.54, 1.807) is 18.5 Å². The number of rotatable bonds is 8. The van der Waals surface area contributed by atoms with E-state index in [1.807, 2.05) is 6.07 Å². The third kappa shape index (κ3) is 5.51. The van der Waals surface area contributed by atoms with E-state index in [0.29, 0.717) is 18.0 Å². The van der Waals surface area contributed by atoms with Gasteiger partial charge in [-0.3, -0.25) is 9.78 Å². The summed E-state index contributed by atoms with van der Waals surface area (Å²) in [6.45, 7) is 3.84. The summed E-state index contributed by atoms with van der Waals surface area (Å²) in [5.74, 6) is 0.719. The van der Waals surface area contributed by atoms with Crippen LogP contribution in [0.15, 0.2) is 59.3 Å². The molecule has 1 amide bonds. The summed E-state index contributed by atoms with van der Waals surface area (Å²) in [4.78, 5) is 18.7. The molecule has 156 valence electrons. The SMILES string of the molecule is O=C(NCCCN1CCC(Cc2ccccc2)CC1)c1nnc(-c2cccnc2)o1. The van der Waals surface area contributed by atoms with Gasteiger partial charge in [-0.2, -0.15) is 0 Å². The Morgan fingerprint density at radius 1 is 1.10 bits per heavy atom. The molecule has 4 rings (SSSR count). The Hall–Kier alpha value is -3.06. The lowest BCUT2D eigenvalue weighted by atomic mass is 9.90. The molecule has 0 spiro atoms. The first-order chi connectivity index (χ1) is 14.8. The lowest BCUT2D eigenvalue weighted by Crippen LogP contribution is -2.36. The van der Waals surface area contributed by atoms with Crippen molar-refractivity contribution in [2.75, 3.05) is 26.2 Å². The minimum atomic E-state index is -0.334. The van der Waals surface area contributed by atoms with Crippen molar-refractivity contribution in [3.05, 3.63) is 66.3 Å². The van der Waals surface area contributed by atoms with E-state index >= 15 is 0 Å². The van der Waals surface area contributed by atoms with Gasteiger partial charge in [-0.25, -0.2) is 0 Å². The number of amides is 1. The number of hydrogen-bond donors (Lipinski definition) is 1. The first kappa shape index (κ1) is 20.2. The molecule has 1 aliphatic heterocycles. The number of piperidine rings is 1. The van der Waals surface area contributed by atoms with E-state index in [-0.39, 0.29) is 11.8 Å². The van der Waals surface area contributed by atoms with Crippen molar-refractivity contribution >= 4 is 5.91 Å². The Labute approximate surface area is 176 Å². The Morgan fingerprint density at radius 2 is 1.93 bits per heavy atom. The Morgan fingerprint density at radius 3 is 2.70 bits per heavy atom. The standard InChI is InChI=1S/C23H27N5O2/c29-21(23-27-26-22(30-23)20-8-4-11-24-17-20)25-12-5-13-28-14-9-19(10-15-28)16-18-6-2-1-3-7-18/h1-4,6-8,11,17,19H,5,9-10,12-16H2,(H,25,29). The molecule has 30 heavy (non-hydrogen) atoms. The van der Waals surface area contributed by atoms with Gasteiger partial charge >= 0.3 is 11.8 Å². The van der Waals surface area contributed by atoms with Crippen LogP contribution in [0.25, 0.3) is 11.5 Å². The highest BCUT2D eigenvalue weighted by Crippen LogP contribution is 2.21. The molecule has 0 radical (unpaired) electrons. The predicted molar refractivity (Wildman–Crippen MR) is 114 cm³/mol. The number of carbonyl (C=O) groups is 1. The zero-order valence-electron chi connectivity index (χ0n) is 17.0. The summed E-state index contributed by atoms with van der Waals surface area (Å²) in [6.07, 6.45) is 7.84. The Kier molecular flexibility index (Phi) is 6.82. The second-order valence-corrected chi connectivity index (χ2v) is 7.74. The molecule has 1 fully saturated rings. The number of hydrogen-bond acceptors (Lipinski definition) is 6. The molecule has 1 saturated heterocycles. The minimum Gasteiger partial charge on any atom is -0.412 e. The summed E-state index contributed by atoms with van der Waals surface area (Å²) in [7, 11) is 0. The summed E-state index contributed by atoms with van der Waals surface area (Å²) in [6, 6.07) is 14.3. The van der Waals surface area contributed by atoms with Gasteiger partial charge in [0.25, 0.3) is 0 Å². The van der Waals surface area contributed by atoms with Gasteiger partial charge in [-0.15, -0.1) is 10.2 Å². The molecular formula is C23H27N5O2. The molecule has 1 N–H and O–H groups in total. The molecule has 0 saturated carbocycles. The first-order valence-electron chi connectivity index (χ1n) is 10.6. The molecule has 0 unspecified atom stereocenters. The molecule has 7 heteroatoms. The minimum absolute atomic E-state index is 0.0180. The van der Waals surface area contributed by atoms with Crippen molar-refractivity contribution in [3.63, 3.8) is 0 Å². The molecule has 1 aliphatic rings. The van der Waals surface area contributed by atoms with Crippen LogP contribution < -0.4 is 5.32 Å². The van der Waals surface area contributed by atoms with Crippen LogP contribution in [-0.2, 0) is 6.42 Å². The van der Waals surface area contributed by atoms with E-state index in [4.69, 9.17) is 4.42 Å². The number of nitrogens with one attached hydrogen (secondary N) is 1. The maximum Gasteiger partial charge on any atom is 0.308 e. The van der Waals surface area contributed by atoms with Crippen molar-refractivity contribution < 1.29 is 9.21 Å². The summed E-state index contributed by atoms with van der Waals surface area (Å²) < 4.78 is 5.45. The zero-order valence-corrected chi connectivity index (χ0v) is 17.0. The number of likely N-dealkylation sites (tertiary alicyclic amines) is 1. The van der Waals surface area contributed by atoms with E-state index in [1.165, 1.54) is 24.8 Å². The van der Waals surface area contributed by atoms with E-state index in [9.17, 15) is 4.79 Å². The lowest BCUT2D eigenvalue weighted by Gasteiger charge is -2.32. The lowest BCUT2D eigenvalue weighted by molar-refractivity contribution is 0.0916. The summed E-state index contributed by atoms with van der Waals surface area (Å²) >= 11 is 0. The second-order valence-electron chi connectivity index (χ2n) is 7.74. The van der Waals surface area contributed by atoms with Gasteiger partial charge in [0.15, 0.2) is 0 Å². The Bertz CT molecular complexity index is 921. The Balaban J connectivity index is 1.14. The number of benzene rings is 1. The molecule has 7 nitrogen and oxygen atoms in total. The molecule has 0 aliphatic carbocycles. The van der Waals surface area contributed by atoms with Gasteiger partial charge in [-0.1, -0.05) is 30.3 Å². The highest BCUT2D eigenvalue weighted by molar-refractivity contribution is 5.89. The highest BCUT2D eigenvalue weighted by atomic mass is 16.4. The topological polar surface area (TPSA) is 84.2 Å².